The molecule has 26 heavy (non-hydrogen) atoms. The van der Waals surface area contributed by atoms with Gasteiger partial charge in [-0.3, -0.25) is 4.79 Å². The summed E-state index contributed by atoms with van der Waals surface area (Å²) < 4.78 is 0. The molecule has 0 saturated carbocycles. The van der Waals surface area contributed by atoms with Crippen molar-refractivity contribution >= 4 is 34.3 Å². The van der Waals surface area contributed by atoms with Crippen LogP contribution in [0.4, 0.5) is 5.69 Å². The number of aryl methyl sites for hydroxylation is 1. The van der Waals surface area contributed by atoms with Crippen molar-refractivity contribution in [3.63, 3.8) is 0 Å². The Kier molecular flexibility index (Phi) is 4.89. The number of nitrogens with zero attached hydrogens (tertiary/aromatic N) is 3. The number of rotatable bonds is 5. The van der Waals surface area contributed by atoms with Crippen LogP contribution in [0, 0.1) is 0 Å². The minimum atomic E-state index is 0.139. The van der Waals surface area contributed by atoms with Gasteiger partial charge in [0, 0.05) is 24.0 Å². The van der Waals surface area contributed by atoms with Crippen LogP contribution in [0.3, 0.4) is 0 Å². The minimum absolute atomic E-state index is 0.139. The van der Waals surface area contributed by atoms with Gasteiger partial charge < -0.3 is 4.90 Å². The molecule has 3 aromatic rings. The van der Waals surface area contributed by atoms with Crippen molar-refractivity contribution in [1.82, 2.24) is 9.97 Å². The Bertz CT molecular complexity index is 957. The van der Waals surface area contributed by atoms with E-state index in [9.17, 15) is 4.79 Å². The van der Waals surface area contributed by atoms with E-state index in [-0.39, 0.29) is 5.91 Å². The lowest BCUT2D eigenvalue weighted by Crippen LogP contribution is -2.30. The topological polar surface area (TPSA) is 46.1 Å². The molecular weight excluding hydrogens is 342 g/mol. The zero-order chi connectivity index (χ0) is 17.9. The SMILES string of the molecule is CCCc1nc(SCC(=O)N2CCc3ccccc32)c2ccccc2n1. The number of amides is 1. The third-order valence-corrected chi connectivity index (χ3v) is 5.58. The molecule has 1 aliphatic rings. The molecule has 0 fully saturated rings. The summed E-state index contributed by atoms with van der Waals surface area (Å²) in [5, 5.41) is 1.92. The van der Waals surface area contributed by atoms with Gasteiger partial charge in [-0.05, 0) is 30.5 Å². The number of anilines is 1. The van der Waals surface area contributed by atoms with Gasteiger partial charge in [0.25, 0.3) is 0 Å². The number of carbonyl (C=O) groups excluding carboxylic acids is 1. The summed E-state index contributed by atoms with van der Waals surface area (Å²) in [4.78, 5) is 24.0. The summed E-state index contributed by atoms with van der Waals surface area (Å²) in [6.45, 7) is 2.89. The highest BCUT2D eigenvalue weighted by molar-refractivity contribution is 8.00. The van der Waals surface area contributed by atoms with Crippen LogP contribution < -0.4 is 4.90 Å². The van der Waals surface area contributed by atoms with Gasteiger partial charge in [0.15, 0.2) is 0 Å². The van der Waals surface area contributed by atoms with Gasteiger partial charge in [-0.25, -0.2) is 9.97 Å². The van der Waals surface area contributed by atoms with E-state index in [0.29, 0.717) is 5.75 Å². The first-order chi connectivity index (χ1) is 12.8. The van der Waals surface area contributed by atoms with Gasteiger partial charge in [0.2, 0.25) is 5.91 Å². The van der Waals surface area contributed by atoms with Crippen LogP contribution in [0.25, 0.3) is 10.9 Å². The predicted octanol–water partition coefficient (Wildman–Crippen LogP) is 4.26. The predicted molar refractivity (Wildman–Crippen MR) is 107 cm³/mol. The molecule has 2 heterocycles. The largest absolute Gasteiger partial charge is 0.311 e. The third-order valence-electron chi connectivity index (χ3n) is 4.61. The summed E-state index contributed by atoms with van der Waals surface area (Å²) in [6.07, 6.45) is 2.79. The van der Waals surface area contributed by atoms with Crippen LogP contribution in [0.5, 0.6) is 0 Å². The van der Waals surface area contributed by atoms with Gasteiger partial charge in [-0.1, -0.05) is 55.1 Å². The molecule has 5 heteroatoms. The van der Waals surface area contributed by atoms with Gasteiger partial charge in [0.1, 0.15) is 10.9 Å². The quantitative estimate of drug-likeness (QED) is 0.502. The fourth-order valence-corrected chi connectivity index (χ4v) is 4.26. The zero-order valence-corrected chi connectivity index (χ0v) is 15.6. The number of carbonyl (C=O) groups is 1. The number of hydrogen-bond donors (Lipinski definition) is 0. The first-order valence-corrected chi connectivity index (χ1v) is 10.0. The van der Waals surface area contributed by atoms with E-state index in [1.807, 2.05) is 47.4 Å². The maximum Gasteiger partial charge on any atom is 0.237 e. The Morgan fingerprint density at radius 2 is 1.92 bits per heavy atom. The zero-order valence-electron chi connectivity index (χ0n) is 14.8. The molecule has 0 N–H and O–H groups in total. The Hall–Kier alpha value is -2.40. The average molecular weight is 363 g/mol. The van der Waals surface area contributed by atoms with Crippen molar-refractivity contribution in [1.29, 1.82) is 0 Å². The van der Waals surface area contributed by atoms with E-state index in [1.54, 1.807) is 0 Å². The molecule has 0 bridgehead atoms. The van der Waals surface area contributed by atoms with Gasteiger partial charge >= 0.3 is 0 Å². The minimum Gasteiger partial charge on any atom is -0.311 e. The lowest BCUT2D eigenvalue weighted by molar-refractivity contribution is -0.116. The summed E-state index contributed by atoms with van der Waals surface area (Å²) in [5.41, 5.74) is 3.26. The second-order valence-electron chi connectivity index (χ2n) is 6.42. The molecule has 0 saturated heterocycles. The Balaban J connectivity index is 1.55. The van der Waals surface area contributed by atoms with E-state index in [2.05, 4.69) is 18.0 Å². The summed E-state index contributed by atoms with van der Waals surface area (Å²) in [5.74, 6) is 1.38. The Morgan fingerprint density at radius 1 is 1.12 bits per heavy atom. The standard InChI is InChI=1S/C21H21N3OS/c1-2-7-19-22-17-10-5-4-9-16(17)21(23-19)26-14-20(25)24-13-12-15-8-3-6-11-18(15)24/h3-6,8-11H,2,7,12-14H2,1H3. The van der Waals surface area contributed by atoms with Crippen molar-refractivity contribution in [3.05, 3.63) is 59.9 Å². The summed E-state index contributed by atoms with van der Waals surface area (Å²) in [7, 11) is 0. The Labute approximate surface area is 157 Å². The van der Waals surface area contributed by atoms with Crippen LogP contribution in [0.2, 0.25) is 0 Å². The monoisotopic (exact) mass is 363 g/mol. The highest BCUT2D eigenvalue weighted by atomic mass is 32.2. The van der Waals surface area contributed by atoms with Crippen LogP contribution in [0.15, 0.2) is 53.6 Å². The van der Waals surface area contributed by atoms with Crippen LogP contribution in [0.1, 0.15) is 24.7 Å². The van der Waals surface area contributed by atoms with Crippen molar-refractivity contribution in [3.8, 4) is 0 Å². The maximum atomic E-state index is 12.8. The van der Waals surface area contributed by atoms with E-state index in [1.165, 1.54) is 17.3 Å². The number of benzene rings is 2. The van der Waals surface area contributed by atoms with Crippen LogP contribution in [-0.4, -0.2) is 28.2 Å². The molecule has 0 aliphatic carbocycles. The molecule has 0 spiro atoms. The smallest absolute Gasteiger partial charge is 0.237 e. The molecule has 4 nitrogen and oxygen atoms in total. The molecule has 4 rings (SSSR count). The molecular formula is C21H21N3OS. The number of para-hydroxylation sites is 2. The van der Waals surface area contributed by atoms with Gasteiger partial charge in [-0.15, -0.1) is 0 Å². The molecule has 1 amide bonds. The fourth-order valence-electron chi connectivity index (χ4n) is 3.34. The molecule has 1 aliphatic heterocycles. The van der Waals surface area contributed by atoms with Crippen molar-refractivity contribution in [2.24, 2.45) is 0 Å². The number of hydrogen-bond acceptors (Lipinski definition) is 4. The van der Waals surface area contributed by atoms with E-state index >= 15 is 0 Å². The number of thioether (sulfide) groups is 1. The summed E-state index contributed by atoms with van der Waals surface area (Å²) >= 11 is 1.52. The van der Waals surface area contributed by atoms with Crippen molar-refractivity contribution in [2.45, 2.75) is 31.2 Å². The molecule has 1 aromatic heterocycles. The van der Waals surface area contributed by atoms with E-state index in [0.717, 1.165) is 53.2 Å². The lowest BCUT2D eigenvalue weighted by atomic mass is 10.2. The first kappa shape index (κ1) is 17.0. The van der Waals surface area contributed by atoms with Crippen molar-refractivity contribution in [2.75, 3.05) is 17.2 Å². The van der Waals surface area contributed by atoms with E-state index in [4.69, 9.17) is 4.98 Å². The maximum absolute atomic E-state index is 12.8. The molecule has 132 valence electrons. The fraction of sp³-hybridized carbons (Fsp3) is 0.286. The normalized spacial score (nSPS) is 13.2. The molecule has 0 atom stereocenters. The second kappa shape index (κ2) is 7.46. The average Bonchev–Trinajstić information content (AvgIpc) is 3.10. The molecule has 0 radical (unpaired) electrons. The van der Waals surface area contributed by atoms with Crippen LogP contribution in [-0.2, 0) is 17.6 Å². The highest BCUT2D eigenvalue weighted by Crippen LogP contribution is 2.30. The van der Waals surface area contributed by atoms with Crippen molar-refractivity contribution < 1.29 is 4.79 Å². The van der Waals surface area contributed by atoms with Crippen LogP contribution >= 0.6 is 11.8 Å². The van der Waals surface area contributed by atoms with Gasteiger partial charge in [-0.2, -0.15) is 0 Å². The summed E-state index contributed by atoms with van der Waals surface area (Å²) in [6, 6.07) is 16.2. The number of fused-ring (bicyclic) bond motifs is 2. The highest BCUT2D eigenvalue weighted by Gasteiger charge is 2.24. The second-order valence-corrected chi connectivity index (χ2v) is 7.39. The van der Waals surface area contributed by atoms with E-state index < -0.39 is 0 Å². The lowest BCUT2D eigenvalue weighted by Gasteiger charge is -2.17. The number of aromatic nitrogens is 2. The molecule has 2 aromatic carbocycles. The Morgan fingerprint density at radius 3 is 2.81 bits per heavy atom. The molecule has 0 unspecified atom stereocenters. The third kappa shape index (κ3) is 3.31. The first-order valence-electron chi connectivity index (χ1n) is 9.03. The van der Waals surface area contributed by atoms with Gasteiger partial charge in [0.05, 0.1) is 11.3 Å².